The lowest BCUT2D eigenvalue weighted by molar-refractivity contribution is -0.140. The zero-order chi connectivity index (χ0) is 13.8. The molecule has 1 aromatic heterocycles. The Morgan fingerprint density at radius 3 is 2.72 bits per heavy atom. The van der Waals surface area contributed by atoms with Crippen LogP contribution < -0.4 is 10.6 Å². The lowest BCUT2D eigenvalue weighted by Gasteiger charge is -2.24. The van der Waals surface area contributed by atoms with Crippen LogP contribution in [0.25, 0.3) is 0 Å². The van der Waals surface area contributed by atoms with Gasteiger partial charge in [-0.05, 0) is 13.8 Å². The fraction of sp³-hybridized carbons (Fsp3) is 0.545. The van der Waals surface area contributed by atoms with Gasteiger partial charge in [0, 0.05) is 18.1 Å². The Morgan fingerprint density at radius 2 is 2.22 bits per heavy atom. The summed E-state index contributed by atoms with van der Waals surface area (Å²) in [7, 11) is 0. The molecular weight excluding hydrogens is 254 g/mol. The van der Waals surface area contributed by atoms with Crippen LogP contribution in [0.1, 0.15) is 25.8 Å². The summed E-state index contributed by atoms with van der Waals surface area (Å²) >= 11 is 1.45. The van der Waals surface area contributed by atoms with E-state index in [1.54, 1.807) is 6.20 Å². The molecule has 1 aromatic rings. The highest BCUT2D eigenvalue weighted by molar-refractivity contribution is 7.09. The van der Waals surface area contributed by atoms with Crippen molar-refractivity contribution >= 4 is 23.3 Å². The monoisotopic (exact) mass is 271 g/mol. The molecule has 3 N–H and O–H groups in total. The molecular formula is C11H17N3O3S. The fourth-order valence-electron chi connectivity index (χ4n) is 1.25. The van der Waals surface area contributed by atoms with E-state index < -0.39 is 23.5 Å². The van der Waals surface area contributed by atoms with Gasteiger partial charge in [-0.15, -0.1) is 11.3 Å². The molecule has 6 nitrogen and oxygen atoms in total. The van der Waals surface area contributed by atoms with Crippen molar-refractivity contribution in [2.45, 2.75) is 26.3 Å². The summed E-state index contributed by atoms with van der Waals surface area (Å²) in [6, 6.07) is -0.400. The minimum absolute atomic E-state index is 0.0924. The van der Waals surface area contributed by atoms with Crippen LogP contribution in [0.15, 0.2) is 11.6 Å². The molecule has 1 unspecified atom stereocenters. The molecule has 100 valence electrons. The molecule has 0 bridgehead atoms. The molecule has 0 radical (unpaired) electrons. The van der Waals surface area contributed by atoms with Crippen molar-refractivity contribution in [3.8, 4) is 0 Å². The van der Waals surface area contributed by atoms with Crippen LogP contribution >= 0.6 is 11.3 Å². The second-order valence-corrected chi connectivity index (χ2v) is 5.43. The van der Waals surface area contributed by atoms with E-state index in [-0.39, 0.29) is 6.54 Å². The van der Waals surface area contributed by atoms with Gasteiger partial charge in [0.2, 0.25) is 0 Å². The summed E-state index contributed by atoms with van der Waals surface area (Å²) in [6.07, 6.45) is 1.67. The van der Waals surface area contributed by atoms with Gasteiger partial charge in [0.15, 0.2) is 0 Å². The molecule has 0 spiro atoms. The van der Waals surface area contributed by atoms with Gasteiger partial charge in [0.1, 0.15) is 5.01 Å². The van der Waals surface area contributed by atoms with Crippen LogP contribution in [-0.4, -0.2) is 28.6 Å². The molecule has 0 aliphatic carbocycles. The van der Waals surface area contributed by atoms with E-state index in [9.17, 15) is 9.59 Å². The summed E-state index contributed by atoms with van der Waals surface area (Å²) in [4.78, 5) is 26.4. The predicted octanol–water partition coefficient (Wildman–Crippen LogP) is 1.40. The molecule has 1 heterocycles. The van der Waals surface area contributed by atoms with E-state index >= 15 is 0 Å². The maximum Gasteiger partial charge on any atom is 0.315 e. The average Bonchev–Trinajstić information content (AvgIpc) is 2.78. The van der Waals surface area contributed by atoms with Gasteiger partial charge in [-0.25, -0.2) is 9.78 Å². The number of hydrogen-bond donors (Lipinski definition) is 3. The summed E-state index contributed by atoms with van der Waals surface area (Å²) < 4.78 is 0. The van der Waals surface area contributed by atoms with Gasteiger partial charge in [0.05, 0.1) is 11.5 Å². The normalized spacial score (nSPS) is 12.8. The molecule has 0 aromatic carbocycles. The lowest BCUT2D eigenvalue weighted by atomic mass is 10.1. The van der Waals surface area contributed by atoms with Crippen molar-refractivity contribution < 1.29 is 14.7 Å². The molecule has 0 saturated carbocycles. The number of amides is 2. The first-order valence-corrected chi connectivity index (χ1v) is 6.39. The number of carboxylic acids is 1. The second kappa shape index (κ2) is 5.81. The van der Waals surface area contributed by atoms with Crippen LogP contribution in [0.2, 0.25) is 0 Å². The quantitative estimate of drug-likeness (QED) is 0.755. The third-order valence-electron chi connectivity index (χ3n) is 2.38. The fourth-order valence-corrected chi connectivity index (χ4v) is 1.96. The second-order valence-electron chi connectivity index (χ2n) is 4.54. The molecule has 18 heavy (non-hydrogen) atoms. The number of nitrogens with one attached hydrogen (secondary N) is 2. The SMILES string of the molecule is CC(CNC(=O)NC(C)(C)c1nccs1)C(=O)O. The number of aromatic nitrogens is 1. The number of rotatable bonds is 5. The first-order chi connectivity index (χ1) is 8.33. The number of thiazole rings is 1. The van der Waals surface area contributed by atoms with Gasteiger partial charge >= 0.3 is 12.0 Å². The van der Waals surface area contributed by atoms with Crippen LogP contribution in [0.4, 0.5) is 4.79 Å². The maximum atomic E-state index is 11.6. The van der Waals surface area contributed by atoms with Crippen molar-refractivity contribution in [3.63, 3.8) is 0 Å². The van der Waals surface area contributed by atoms with E-state index in [1.165, 1.54) is 18.3 Å². The van der Waals surface area contributed by atoms with E-state index in [4.69, 9.17) is 5.11 Å². The highest BCUT2D eigenvalue weighted by Gasteiger charge is 2.25. The minimum Gasteiger partial charge on any atom is -0.481 e. The summed E-state index contributed by atoms with van der Waals surface area (Å²) in [5.74, 6) is -1.55. The van der Waals surface area contributed by atoms with Gasteiger partial charge in [-0.2, -0.15) is 0 Å². The molecule has 7 heteroatoms. The number of carbonyl (C=O) groups excluding carboxylic acids is 1. The average molecular weight is 271 g/mol. The minimum atomic E-state index is -0.936. The van der Waals surface area contributed by atoms with E-state index in [0.29, 0.717) is 0 Å². The zero-order valence-corrected chi connectivity index (χ0v) is 11.4. The molecule has 1 rings (SSSR count). The maximum absolute atomic E-state index is 11.6. The van der Waals surface area contributed by atoms with E-state index in [2.05, 4.69) is 15.6 Å². The predicted molar refractivity (Wildman–Crippen MR) is 68.5 cm³/mol. The smallest absolute Gasteiger partial charge is 0.315 e. The van der Waals surface area contributed by atoms with Crippen molar-refractivity contribution in [1.82, 2.24) is 15.6 Å². The Morgan fingerprint density at radius 1 is 1.56 bits per heavy atom. The standard InChI is InChI=1S/C11H17N3O3S/c1-7(8(15)16)6-13-10(17)14-11(2,3)9-12-4-5-18-9/h4-5,7H,6H2,1-3H3,(H,15,16)(H2,13,14,17). The third kappa shape index (κ3) is 3.99. The largest absolute Gasteiger partial charge is 0.481 e. The Hall–Kier alpha value is -1.63. The number of nitrogens with zero attached hydrogens (tertiary/aromatic N) is 1. The van der Waals surface area contributed by atoms with Gasteiger partial charge < -0.3 is 15.7 Å². The van der Waals surface area contributed by atoms with Crippen molar-refractivity contribution in [2.75, 3.05) is 6.54 Å². The molecule has 0 aliphatic rings. The van der Waals surface area contributed by atoms with Gasteiger partial charge in [-0.3, -0.25) is 4.79 Å². The van der Waals surface area contributed by atoms with Crippen molar-refractivity contribution in [2.24, 2.45) is 5.92 Å². The van der Waals surface area contributed by atoms with E-state index in [0.717, 1.165) is 5.01 Å². The molecule has 0 aliphatic heterocycles. The topological polar surface area (TPSA) is 91.3 Å². The molecule has 1 atom stereocenters. The molecule has 2 amide bonds. The Bertz CT molecular complexity index is 417. The Balaban J connectivity index is 2.47. The first-order valence-electron chi connectivity index (χ1n) is 5.51. The van der Waals surface area contributed by atoms with Gasteiger partial charge in [0.25, 0.3) is 0 Å². The molecule has 0 fully saturated rings. The number of hydrogen-bond acceptors (Lipinski definition) is 4. The van der Waals surface area contributed by atoms with Gasteiger partial charge in [-0.1, -0.05) is 6.92 Å². The zero-order valence-electron chi connectivity index (χ0n) is 10.6. The Labute approximate surface area is 109 Å². The lowest BCUT2D eigenvalue weighted by Crippen LogP contribution is -2.47. The van der Waals surface area contributed by atoms with Crippen LogP contribution in [-0.2, 0) is 10.3 Å². The van der Waals surface area contributed by atoms with Crippen LogP contribution in [0.3, 0.4) is 0 Å². The summed E-state index contributed by atoms with van der Waals surface area (Å²) in [5, 5.41) is 16.6. The Kier molecular flexibility index (Phi) is 4.66. The highest BCUT2D eigenvalue weighted by atomic mass is 32.1. The van der Waals surface area contributed by atoms with Crippen molar-refractivity contribution in [3.05, 3.63) is 16.6 Å². The number of urea groups is 1. The number of aliphatic carboxylic acids is 1. The number of carbonyl (C=O) groups is 2. The van der Waals surface area contributed by atoms with Crippen LogP contribution in [0.5, 0.6) is 0 Å². The van der Waals surface area contributed by atoms with E-state index in [1.807, 2.05) is 19.2 Å². The van der Waals surface area contributed by atoms with Crippen molar-refractivity contribution in [1.29, 1.82) is 0 Å². The first kappa shape index (κ1) is 14.4. The third-order valence-corrected chi connectivity index (χ3v) is 3.48. The summed E-state index contributed by atoms with van der Waals surface area (Å²) in [6.45, 7) is 5.31. The highest BCUT2D eigenvalue weighted by Crippen LogP contribution is 2.21. The summed E-state index contributed by atoms with van der Waals surface area (Å²) in [5.41, 5.74) is -0.579. The molecule has 0 saturated heterocycles. The van der Waals surface area contributed by atoms with Crippen LogP contribution in [0, 0.1) is 5.92 Å². The number of carboxylic acid groups (broad SMARTS) is 1.